The molecule has 0 amide bonds. The van der Waals surface area contributed by atoms with Crippen LogP contribution < -0.4 is 0 Å². The van der Waals surface area contributed by atoms with E-state index in [-0.39, 0.29) is 0 Å². The molecule has 1 N–H and O–H groups in total. The molecule has 0 bridgehead atoms. The Labute approximate surface area is 180 Å². The number of carboxylic acids is 1. The summed E-state index contributed by atoms with van der Waals surface area (Å²) in [6, 6.07) is 13.6. The summed E-state index contributed by atoms with van der Waals surface area (Å²) >= 11 is 0. The quantitative estimate of drug-likeness (QED) is 0.457. The zero-order valence-corrected chi connectivity index (χ0v) is 18.4. The van der Waals surface area contributed by atoms with Crippen LogP contribution in [0, 0.1) is 12.8 Å². The smallest absolute Gasteiger partial charge is 0.336 e. The second-order valence-corrected chi connectivity index (χ2v) is 8.52. The summed E-state index contributed by atoms with van der Waals surface area (Å²) in [5.41, 5.74) is 4.25. The number of benzene rings is 2. The summed E-state index contributed by atoms with van der Waals surface area (Å²) in [6.45, 7) is 6.57. The highest BCUT2D eigenvalue weighted by Crippen LogP contribution is 2.29. The van der Waals surface area contributed by atoms with Crippen molar-refractivity contribution in [1.82, 2.24) is 5.06 Å². The maximum absolute atomic E-state index is 11.8. The van der Waals surface area contributed by atoms with Gasteiger partial charge in [0.05, 0.1) is 12.2 Å². The van der Waals surface area contributed by atoms with Gasteiger partial charge in [-0.3, -0.25) is 4.84 Å². The first-order valence-electron chi connectivity index (χ1n) is 11.4. The average molecular weight is 410 g/mol. The van der Waals surface area contributed by atoms with Crippen LogP contribution in [0.3, 0.4) is 0 Å². The molecule has 30 heavy (non-hydrogen) atoms. The largest absolute Gasteiger partial charge is 0.478 e. The zero-order valence-electron chi connectivity index (χ0n) is 18.4. The van der Waals surface area contributed by atoms with Gasteiger partial charge >= 0.3 is 5.97 Å². The van der Waals surface area contributed by atoms with E-state index in [2.05, 4.69) is 12.0 Å². The van der Waals surface area contributed by atoms with Crippen LogP contribution in [0.4, 0.5) is 0 Å². The number of hydroxylamine groups is 2. The molecule has 1 aliphatic rings. The minimum Gasteiger partial charge on any atom is -0.478 e. The zero-order chi connectivity index (χ0) is 21.3. The third-order valence-corrected chi connectivity index (χ3v) is 6.09. The van der Waals surface area contributed by atoms with E-state index in [0.717, 1.165) is 48.2 Å². The Morgan fingerprint density at radius 2 is 1.87 bits per heavy atom. The molecule has 2 aromatic rings. The molecule has 4 nitrogen and oxygen atoms in total. The molecule has 2 aromatic carbocycles. The average Bonchev–Trinajstić information content (AvgIpc) is 2.76. The van der Waals surface area contributed by atoms with Crippen LogP contribution in [-0.4, -0.2) is 29.3 Å². The summed E-state index contributed by atoms with van der Waals surface area (Å²) in [5, 5.41) is 11.8. The molecule has 0 atom stereocenters. The van der Waals surface area contributed by atoms with E-state index < -0.39 is 5.97 Å². The Morgan fingerprint density at radius 1 is 1.10 bits per heavy atom. The van der Waals surface area contributed by atoms with Crippen molar-refractivity contribution >= 4 is 5.97 Å². The number of nitrogens with zero attached hydrogens (tertiary/aromatic N) is 1. The molecular formula is C26H35NO3. The number of aromatic carboxylic acids is 1. The number of unbranched alkanes of at least 4 members (excludes halogenated alkanes) is 1. The second kappa shape index (κ2) is 11.3. The van der Waals surface area contributed by atoms with Crippen molar-refractivity contribution in [3.05, 3.63) is 59.2 Å². The van der Waals surface area contributed by atoms with Gasteiger partial charge in [0.15, 0.2) is 0 Å². The molecular weight excluding hydrogens is 374 g/mol. The second-order valence-electron chi connectivity index (χ2n) is 8.52. The van der Waals surface area contributed by atoms with Gasteiger partial charge in [-0.15, -0.1) is 0 Å². The van der Waals surface area contributed by atoms with Crippen molar-refractivity contribution in [1.29, 1.82) is 0 Å². The van der Waals surface area contributed by atoms with E-state index in [1.54, 1.807) is 6.07 Å². The lowest BCUT2D eigenvalue weighted by atomic mass is 9.90. The van der Waals surface area contributed by atoms with Crippen molar-refractivity contribution in [3.63, 3.8) is 0 Å². The molecule has 0 aromatic heterocycles. The van der Waals surface area contributed by atoms with Gasteiger partial charge in [-0.25, -0.2) is 4.79 Å². The number of rotatable bonds is 10. The van der Waals surface area contributed by atoms with Crippen molar-refractivity contribution in [2.24, 2.45) is 5.92 Å². The maximum atomic E-state index is 11.8. The van der Waals surface area contributed by atoms with E-state index in [4.69, 9.17) is 4.84 Å². The van der Waals surface area contributed by atoms with Gasteiger partial charge in [-0.05, 0) is 66.5 Å². The SMILES string of the molecule is CCCCN(Cc1ccc(C(=O)O)c(-c2ccccc2C)c1)OCC1CCCCC1. The fourth-order valence-corrected chi connectivity index (χ4v) is 4.27. The van der Waals surface area contributed by atoms with Gasteiger partial charge < -0.3 is 5.11 Å². The van der Waals surface area contributed by atoms with Crippen LogP contribution in [0.15, 0.2) is 42.5 Å². The molecule has 0 aliphatic heterocycles. The van der Waals surface area contributed by atoms with Crippen molar-refractivity contribution in [2.75, 3.05) is 13.2 Å². The number of carboxylic acid groups (broad SMARTS) is 1. The van der Waals surface area contributed by atoms with E-state index in [9.17, 15) is 9.90 Å². The number of hydrogen-bond acceptors (Lipinski definition) is 3. The number of aryl methyl sites for hydroxylation is 1. The third-order valence-electron chi connectivity index (χ3n) is 6.09. The number of carbonyl (C=O) groups is 1. The third kappa shape index (κ3) is 6.16. The molecule has 0 radical (unpaired) electrons. The van der Waals surface area contributed by atoms with E-state index in [0.29, 0.717) is 18.0 Å². The minimum absolute atomic E-state index is 0.344. The van der Waals surface area contributed by atoms with Gasteiger partial charge in [0, 0.05) is 13.1 Å². The molecule has 0 saturated heterocycles. The molecule has 162 valence electrons. The predicted molar refractivity (Wildman–Crippen MR) is 121 cm³/mol. The van der Waals surface area contributed by atoms with Gasteiger partial charge in [0.2, 0.25) is 0 Å². The first-order valence-corrected chi connectivity index (χ1v) is 11.4. The fraction of sp³-hybridized carbons (Fsp3) is 0.500. The fourth-order valence-electron chi connectivity index (χ4n) is 4.27. The van der Waals surface area contributed by atoms with Gasteiger partial charge in [0.25, 0.3) is 0 Å². The van der Waals surface area contributed by atoms with Gasteiger partial charge in [-0.2, -0.15) is 5.06 Å². The summed E-state index contributed by atoms with van der Waals surface area (Å²) in [5.74, 6) is -0.226. The minimum atomic E-state index is -0.892. The topological polar surface area (TPSA) is 49.8 Å². The highest BCUT2D eigenvalue weighted by Gasteiger charge is 2.18. The lowest BCUT2D eigenvalue weighted by Crippen LogP contribution is -2.28. The van der Waals surface area contributed by atoms with Gasteiger partial charge in [-0.1, -0.05) is 62.9 Å². The Kier molecular flexibility index (Phi) is 8.47. The first-order chi connectivity index (χ1) is 14.6. The Hall–Kier alpha value is -2.17. The van der Waals surface area contributed by atoms with Crippen LogP contribution in [0.5, 0.6) is 0 Å². The van der Waals surface area contributed by atoms with Gasteiger partial charge in [0.1, 0.15) is 0 Å². The lowest BCUT2D eigenvalue weighted by molar-refractivity contribution is -0.179. The van der Waals surface area contributed by atoms with Crippen molar-refractivity contribution in [2.45, 2.75) is 65.3 Å². The Morgan fingerprint density at radius 3 is 2.57 bits per heavy atom. The molecule has 1 aliphatic carbocycles. The lowest BCUT2D eigenvalue weighted by Gasteiger charge is -2.27. The van der Waals surface area contributed by atoms with Crippen molar-refractivity contribution in [3.8, 4) is 11.1 Å². The Bertz CT molecular complexity index is 827. The molecule has 0 spiro atoms. The van der Waals surface area contributed by atoms with Crippen LogP contribution in [0.2, 0.25) is 0 Å². The van der Waals surface area contributed by atoms with Crippen LogP contribution in [0.1, 0.15) is 73.4 Å². The van der Waals surface area contributed by atoms with E-state index in [1.807, 2.05) is 43.3 Å². The monoisotopic (exact) mass is 409 g/mol. The van der Waals surface area contributed by atoms with Crippen molar-refractivity contribution < 1.29 is 14.7 Å². The summed E-state index contributed by atoms with van der Waals surface area (Å²) in [6.07, 6.45) is 8.74. The molecule has 1 saturated carbocycles. The highest BCUT2D eigenvalue weighted by molar-refractivity contribution is 5.96. The molecule has 3 rings (SSSR count). The Balaban J connectivity index is 1.78. The van der Waals surface area contributed by atoms with E-state index in [1.165, 1.54) is 32.1 Å². The van der Waals surface area contributed by atoms with Crippen LogP contribution in [0.25, 0.3) is 11.1 Å². The molecule has 1 fully saturated rings. The first kappa shape index (κ1) is 22.5. The maximum Gasteiger partial charge on any atom is 0.336 e. The number of hydrogen-bond donors (Lipinski definition) is 1. The predicted octanol–water partition coefficient (Wildman–Crippen LogP) is 6.47. The van der Waals surface area contributed by atoms with Crippen LogP contribution >= 0.6 is 0 Å². The highest BCUT2D eigenvalue weighted by atomic mass is 16.7. The molecule has 0 heterocycles. The normalized spacial score (nSPS) is 14.9. The summed E-state index contributed by atoms with van der Waals surface area (Å²) in [4.78, 5) is 18.1. The standard InChI is InChI=1S/C26H35NO3/c1-3-4-16-27(30-19-21-11-6-5-7-12-21)18-22-14-15-24(26(28)29)25(17-22)23-13-9-8-10-20(23)2/h8-10,13-15,17,21H,3-7,11-12,16,18-19H2,1-2H3,(H,28,29). The van der Waals surface area contributed by atoms with Crippen LogP contribution in [-0.2, 0) is 11.4 Å². The van der Waals surface area contributed by atoms with E-state index >= 15 is 0 Å². The summed E-state index contributed by atoms with van der Waals surface area (Å²) in [7, 11) is 0. The molecule has 4 heteroatoms. The summed E-state index contributed by atoms with van der Waals surface area (Å²) < 4.78 is 0. The molecule has 0 unspecified atom stereocenters.